The lowest BCUT2D eigenvalue weighted by atomic mass is 9.78. The molecule has 7 rings (SSSR count). The van der Waals surface area contributed by atoms with Gasteiger partial charge in [0.1, 0.15) is 23.4 Å². The van der Waals surface area contributed by atoms with E-state index < -0.39 is 88.8 Å². The van der Waals surface area contributed by atoms with Crippen LogP contribution < -0.4 is 10.1 Å². The standard InChI is InChI=1S/C52H65N5O12/c1-26-14-12-15-27(2)51(65)55-42-37(22-54-57-28(3)23-56(24-29(57)4)25-36-17-13-16-35(20-36)21-53)46(62)39-40(47(42)63)45(61)33(8)49-41(39)50(64)52(10,69-49)67-19-18-38(66-11)30(5)48(68-34(9)58)32(7)44(60)31(6)43(26)59/h12-20,22,26,28-32,38,43-44,48,59-63H,23-25H2,1-11H3,(H,55,65)/t26-,28-,29+,30-,31-,32-,38+,43-,44-,48-,52-/m0/s1. The molecule has 4 aliphatic heterocycles. The van der Waals surface area contributed by atoms with Crippen LogP contribution in [0.3, 0.4) is 0 Å². The molecule has 3 aromatic carbocycles. The molecule has 4 heterocycles. The summed E-state index contributed by atoms with van der Waals surface area (Å²) in [7, 11) is 1.43. The zero-order valence-electron chi connectivity index (χ0n) is 41.1. The van der Waals surface area contributed by atoms with Crippen molar-refractivity contribution in [1.82, 2.24) is 9.91 Å². The first-order valence-electron chi connectivity index (χ1n) is 23.2. The van der Waals surface area contributed by atoms with Gasteiger partial charge in [0, 0.05) is 80.8 Å². The number of nitriles is 1. The average molecular weight is 952 g/mol. The molecule has 17 heteroatoms. The van der Waals surface area contributed by atoms with Crippen LogP contribution in [0.5, 0.6) is 23.0 Å². The van der Waals surface area contributed by atoms with Crippen molar-refractivity contribution in [3.05, 3.63) is 88.2 Å². The number of hydrazone groups is 1. The van der Waals surface area contributed by atoms with Gasteiger partial charge in [0.05, 0.1) is 76.7 Å². The minimum absolute atomic E-state index is 0.0350. The Bertz CT molecular complexity index is 2630. The molecule has 1 amide bonds. The van der Waals surface area contributed by atoms with Crippen molar-refractivity contribution in [3.8, 4) is 29.1 Å². The largest absolute Gasteiger partial charge is 0.507 e. The number of methoxy groups -OCH3 is 1. The van der Waals surface area contributed by atoms with Gasteiger partial charge in [-0.2, -0.15) is 10.4 Å². The Hall–Kier alpha value is -6.45. The van der Waals surface area contributed by atoms with Gasteiger partial charge < -0.3 is 49.8 Å². The third-order valence-corrected chi connectivity index (χ3v) is 13.8. The molecule has 6 N–H and O–H groups in total. The molecule has 0 saturated carbocycles. The molecular formula is C52H65N5O12. The minimum atomic E-state index is -2.08. The fourth-order valence-corrected chi connectivity index (χ4v) is 9.77. The summed E-state index contributed by atoms with van der Waals surface area (Å²) in [4.78, 5) is 43.3. The van der Waals surface area contributed by atoms with Crippen LogP contribution in [0.25, 0.3) is 10.8 Å². The normalized spacial score (nSPS) is 29.4. The number of allylic oxidation sites excluding steroid dienone is 2. The van der Waals surface area contributed by atoms with Crippen LogP contribution in [0.15, 0.2) is 65.5 Å². The highest BCUT2D eigenvalue weighted by Gasteiger charge is 2.50. The van der Waals surface area contributed by atoms with Gasteiger partial charge >= 0.3 is 11.8 Å². The lowest BCUT2D eigenvalue weighted by Gasteiger charge is -2.42. The number of aromatic hydroxyl groups is 3. The molecule has 0 unspecified atom stereocenters. The zero-order valence-corrected chi connectivity index (χ0v) is 41.1. The van der Waals surface area contributed by atoms with Crippen LogP contribution in [0.4, 0.5) is 5.69 Å². The van der Waals surface area contributed by atoms with Crippen molar-refractivity contribution in [2.45, 2.75) is 118 Å². The maximum absolute atomic E-state index is 14.7. The Balaban J connectivity index is 1.48. The topological polar surface area (TPSA) is 244 Å². The predicted molar refractivity (Wildman–Crippen MR) is 259 cm³/mol. The highest BCUT2D eigenvalue weighted by atomic mass is 16.7. The first-order valence-corrected chi connectivity index (χ1v) is 23.2. The molecule has 69 heavy (non-hydrogen) atoms. The SMILES string of the molecule is CO[C@@H]1C=CO[C@@]2(C)Oc3c(C)c(O)c4c(O)c(c(C=NN5[C@H](C)CN(Cc6cccc(C#N)c6)C[C@@H]5C)c(O)c4c3C2=O)NC(=O)C(C)=CC=C[C@H](C)[C@H](O)[C@H](C)[C@H](O)[C@H](C)[C@@H](OC(C)=O)[C@H]1C. The lowest BCUT2D eigenvalue weighted by molar-refractivity contribution is -0.160. The van der Waals surface area contributed by atoms with Gasteiger partial charge in [-0.1, -0.05) is 58.1 Å². The predicted octanol–water partition coefficient (Wildman–Crippen LogP) is 6.55. The van der Waals surface area contributed by atoms with Crippen LogP contribution in [-0.2, 0) is 30.3 Å². The Morgan fingerprint density at radius 1 is 0.971 bits per heavy atom. The van der Waals surface area contributed by atoms with E-state index in [1.807, 2.05) is 37.1 Å². The number of phenolic OH excluding ortho intramolecular Hbond substituents is 3. The molecule has 0 spiro atoms. The summed E-state index contributed by atoms with van der Waals surface area (Å²) >= 11 is 0. The van der Waals surface area contributed by atoms with Crippen LogP contribution in [0.1, 0.15) is 94.9 Å². The van der Waals surface area contributed by atoms with Gasteiger partial charge in [0.15, 0.2) is 5.75 Å². The van der Waals surface area contributed by atoms with Crippen LogP contribution in [0.2, 0.25) is 0 Å². The van der Waals surface area contributed by atoms with Crippen LogP contribution >= 0.6 is 0 Å². The molecule has 0 aromatic heterocycles. The van der Waals surface area contributed by atoms with E-state index in [2.05, 4.69) is 16.3 Å². The number of nitrogens with zero attached hydrogens (tertiary/aromatic N) is 4. The number of carbonyl (C=O) groups excluding carboxylic acids is 3. The summed E-state index contributed by atoms with van der Waals surface area (Å²) < 4.78 is 23.8. The number of phenols is 3. The van der Waals surface area contributed by atoms with E-state index in [1.54, 1.807) is 45.9 Å². The second kappa shape index (κ2) is 21.0. The maximum Gasteiger partial charge on any atom is 0.312 e. The zero-order chi connectivity index (χ0) is 50.8. The number of esters is 1. The van der Waals surface area contributed by atoms with Gasteiger partial charge in [-0.05, 0) is 51.5 Å². The van der Waals surface area contributed by atoms with Crippen molar-refractivity contribution in [1.29, 1.82) is 5.26 Å². The quantitative estimate of drug-likeness (QED) is 0.0664. The summed E-state index contributed by atoms with van der Waals surface area (Å²) in [5.41, 5.74) is 1.06. The van der Waals surface area contributed by atoms with Gasteiger partial charge in [-0.3, -0.25) is 24.3 Å². The number of ether oxygens (including phenoxy) is 4. The second-order valence-corrected chi connectivity index (χ2v) is 18.9. The lowest BCUT2D eigenvalue weighted by Crippen LogP contribution is -2.54. The number of piperazine rings is 1. The van der Waals surface area contributed by atoms with E-state index in [0.717, 1.165) is 5.56 Å². The molecule has 1 fully saturated rings. The number of aliphatic hydroxyl groups excluding tert-OH is 2. The Morgan fingerprint density at radius 3 is 2.29 bits per heavy atom. The number of anilines is 1. The van der Waals surface area contributed by atoms with E-state index >= 15 is 0 Å². The maximum atomic E-state index is 14.7. The Labute approximate surface area is 402 Å². The molecule has 0 aliphatic carbocycles. The monoisotopic (exact) mass is 951 g/mol. The van der Waals surface area contributed by atoms with E-state index in [4.69, 9.17) is 24.0 Å². The van der Waals surface area contributed by atoms with Gasteiger partial charge in [-0.25, -0.2) is 0 Å². The van der Waals surface area contributed by atoms with E-state index in [0.29, 0.717) is 25.2 Å². The average Bonchev–Trinajstić information content (AvgIpc) is 3.57. The van der Waals surface area contributed by atoms with Gasteiger partial charge in [-0.15, -0.1) is 0 Å². The molecule has 17 nitrogen and oxygen atoms in total. The summed E-state index contributed by atoms with van der Waals surface area (Å²) in [5.74, 6) is -8.64. The number of hydrogen-bond donors (Lipinski definition) is 6. The number of ketones is 1. The Morgan fingerprint density at radius 2 is 1.65 bits per heavy atom. The first-order chi connectivity index (χ1) is 32.5. The highest BCUT2D eigenvalue weighted by Crippen LogP contribution is 2.55. The molecule has 0 radical (unpaired) electrons. The number of carbonyl (C=O) groups is 3. The number of amides is 1. The molecule has 370 valence electrons. The number of aliphatic hydroxyl groups is 2. The van der Waals surface area contributed by atoms with Crippen LogP contribution in [-0.4, -0.2) is 122 Å². The van der Waals surface area contributed by atoms with Crippen molar-refractivity contribution in [2.75, 3.05) is 25.5 Å². The molecular weight excluding hydrogens is 887 g/mol. The summed E-state index contributed by atoms with van der Waals surface area (Å²) in [5, 5.41) is 77.5. The summed E-state index contributed by atoms with van der Waals surface area (Å²) in [6.07, 6.45) is 4.76. The molecule has 1 saturated heterocycles. The van der Waals surface area contributed by atoms with Crippen molar-refractivity contribution < 1.29 is 58.9 Å². The van der Waals surface area contributed by atoms with E-state index in [-0.39, 0.29) is 56.6 Å². The first kappa shape index (κ1) is 51.9. The molecule has 11 atom stereocenters. The number of benzene rings is 3. The Kier molecular flexibility index (Phi) is 15.8. The molecule has 4 aliphatic rings. The van der Waals surface area contributed by atoms with Crippen molar-refractivity contribution >= 4 is 40.3 Å². The third kappa shape index (κ3) is 10.4. The smallest absolute Gasteiger partial charge is 0.312 e. The minimum Gasteiger partial charge on any atom is -0.507 e. The molecule has 5 bridgehead atoms. The second-order valence-electron chi connectivity index (χ2n) is 18.9. The van der Waals surface area contributed by atoms with Gasteiger partial charge in [0.2, 0.25) is 0 Å². The number of Topliss-reactive ketones (excluding diaryl/α,β-unsaturated/α-hetero) is 1. The number of hydrogen-bond acceptors (Lipinski definition) is 16. The summed E-state index contributed by atoms with van der Waals surface area (Å²) in [6, 6.07) is 9.26. The third-order valence-electron chi connectivity index (χ3n) is 13.8. The highest BCUT2D eigenvalue weighted by molar-refractivity contribution is 6.23. The van der Waals surface area contributed by atoms with E-state index in [1.165, 1.54) is 59.4 Å². The van der Waals surface area contributed by atoms with Crippen LogP contribution in [0, 0.1) is 41.9 Å². The van der Waals surface area contributed by atoms with E-state index in [9.17, 15) is 45.2 Å². The number of fused-ring (bicyclic) bond motifs is 14. The fraction of sp³-hybridized carbons (Fsp3) is 0.481. The summed E-state index contributed by atoms with van der Waals surface area (Å²) in [6.45, 7) is 18.2. The fourth-order valence-electron chi connectivity index (χ4n) is 9.77. The number of nitrogens with one attached hydrogen (secondary N) is 1. The van der Waals surface area contributed by atoms with Crippen molar-refractivity contribution in [3.63, 3.8) is 0 Å². The number of rotatable bonds is 6. The van der Waals surface area contributed by atoms with Crippen molar-refractivity contribution in [2.24, 2.45) is 28.8 Å². The molecule has 3 aromatic rings. The van der Waals surface area contributed by atoms with Gasteiger partial charge in [0.25, 0.3) is 11.7 Å².